The van der Waals surface area contributed by atoms with Crippen molar-refractivity contribution in [2.45, 2.75) is 75.1 Å². The summed E-state index contributed by atoms with van der Waals surface area (Å²) in [6.45, 7) is 6.72. The van der Waals surface area contributed by atoms with Crippen LogP contribution in [0, 0.1) is 17.3 Å². The van der Waals surface area contributed by atoms with Crippen molar-refractivity contribution in [3.63, 3.8) is 0 Å². The van der Waals surface area contributed by atoms with E-state index in [1.54, 1.807) is 0 Å². The summed E-state index contributed by atoms with van der Waals surface area (Å²) in [5, 5.41) is 0. The Morgan fingerprint density at radius 1 is 1.12 bits per heavy atom. The average molecular weight is 358 g/mol. The average Bonchev–Trinajstić information content (AvgIpc) is 3.47. The number of cyclic esters (lactones) is 1. The van der Waals surface area contributed by atoms with Crippen LogP contribution in [0.4, 0.5) is 0 Å². The molecule has 0 aromatic rings. The molecule has 8 atom stereocenters. The Bertz CT molecular complexity index is 860. The summed E-state index contributed by atoms with van der Waals surface area (Å²) in [5.41, 5.74) is -0.371. The number of carbonyl (C=O) groups excluding carboxylic acids is 2. The van der Waals surface area contributed by atoms with Crippen molar-refractivity contribution in [3.05, 3.63) is 11.1 Å². The number of hydrogen-bond donors (Lipinski definition) is 0. The number of fused-ring (bicyclic) bond motifs is 4. The molecule has 4 heterocycles. The van der Waals surface area contributed by atoms with Gasteiger partial charge in [0.2, 0.25) is 5.78 Å². The molecular weight excluding hydrogens is 336 g/mol. The lowest BCUT2D eigenvalue weighted by molar-refractivity contribution is -0.139. The summed E-state index contributed by atoms with van der Waals surface area (Å²) in [6, 6.07) is 0. The van der Waals surface area contributed by atoms with Gasteiger partial charge in [0.05, 0.1) is 6.10 Å². The van der Waals surface area contributed by atoms with E-state index >= 15 is 0 Å². The summed E-state index contributed by atoms with van der Waals surface area (Å²) in [7, 11) is 0. The fourth-order valence-corrected chi connectivity index (χ4v) is 7.41. The molecule has 3 saturated heterocycles. The van der Waals surface area contributed by atoms with E-state index < -0.39 is 16.8 Å². The van der Waals surface area contributed by atoms with Gasteiger partial charge in [0, 0.05) is 11.0 Å². The van der Waals surface area contributed by atoms with Crippen molar-refractivity contribution in [2.24, 2.45) is 17.3 Å². The summed E-state index contributed by atoms with van der Waals surface area (Å²) in [6.07, 6.45) is 1.97. The van der Waals surface area contributed by atoms with Crippen LogP contribution < -0.4 is 0 Å². The Morgan fingerprint density at radius 2 is 1.92 bits per heavy atom. The number of ether oxygens (including phenoxy) is 4. The standard InChI is InChI=1S/C20H22O6/c1-8(2)18-13(25-18)14-20(26-14)17(3)5-4-9-10(7-23-15(9)21)11(17)6-12-19(20,24-12)16(18)22/h8,11-14H,4-7H2,1-3H3/t11?,12-,13?,14-,17-,18-,19+,20+/m0/s1. The van der Waals surface area contributed by atoms with E-state index in [2.05, 4.69) is 6.92 Å². The molecule has 5 fully saturated rings. The first-order valence-electron chi connectivity index (χ1n) is 9.82. The molecule has 2 spiro atoms. The molecule has 2 saturated carbocycles. The molecule has 138 valence electrons. The lowest BCUT2D eigenvalue weighted by Gasteiger charge is -2.51. The molecule has 3 aliphatic carbocycles. The molecular formula is C20H22O6. The predicted octanol–water partition coefficient (Wildman–Crippen LogP) is 1.31. The van der Waals surface area contributed by atoms with Crippen molar-refractivity contribution >= 4 is 11.8 Å². The minimum absolute atomic E-state index is 0.0689. The zero-order valence-corrected chi connectivity index (χ0v) is 15.2. The van der Waals surface area contributed by atoms with Crippen molar-refractivity contribution < 1.29 is 28.5 Å². The van der Waals surface area contributed by atoms with Crippen LogP contribution in [0.1, 0.15) is 40.0 Å². The molecule has 0 radical (unpaired) electrons. The van der Waals surface area contributed by atoms with Gasteiger partial charge in [0.15, 0.2) is 11.2 Å². The van der Waals surface area contributed by atoms with Gasteiger partial charge in [0.1, 0.15) is 24.4 Å². The zero-order valence-electron chi connectivity index (χ0n) is 15.2. The van der Waals surface area contributed by atoms with Crippen LogP contribution in [0.2, 0.25) is 0 Å². The first-order chi connectivity index (χ1) is 12.3. The number of Topliss-reactive ketones (excluding diaryl/α,β-unsaturated/α-hetero) is 1. The Kier molecular flexibility index (Phi) is 2.10. The summed E-state index contributed by atoms with van der Waals surface area (Å²) >= 11 is 0. The van der Waals surface area contributed by atoms with Gasteiger partial charge in [-0.3, -0.25) is 4.79 Å². The summed E-state index contributed by atoms with van der Waals surface area (Å²) in [5.74, 6) is 0.252. The second-order valence-electron chi connectivity index (χ2n) is 9.72. The highest BCUT2D eigenvalue weighted by molar-refractivity contribution is 6.05. The van der Waals surface area contributed by atoms with Crippen LogP contribution in [-0.2, 0) is 28.5 Å². The third-order valence-electron chi connectivity index (χ3n) is 8.82. The maximum Gasteiger partial charge on any atom is 0.334 e. The van der Waals surface area contributed by atoms with Gasteiger partial charge >= 0.3 is 5.97 Å². The van der Waals surface area contributed by atoms with Crippen molar-refractivity contribution in [1.29, 1.82) is 0 Å². The second kappa shape index (κ2) is 3.69. The van der Waals surface area contributed by atoms with Crippen LogP contribution in [0.25, 0.3) is 0 Å². The Hall–Kier alpha value is -1.24. The van der Waals surface area contributed by atoms with E-state index in [1.807, 2.05) is 13.8 Å². The first kappa shape index (κ1) is 14.8. The van der Waals surface area contributed by atoms with Crippen LogP contribution in [0.5, 0.6) is 0 Å². The number of epoxide rings is 3. The van der Waals surface area contributed by atoms with E-state index in [9.17, 15) is 9.59 Å². The predicted molar refractivity (Wildman–Crippen MR) is 86.1 cm³/mol. The molecule has 0 bridgehead atoms. The molecule has 26 heavy (non-hydrogen) atoms. The van der Waals surface area contributed by atoms with Crippen LogP contribution in [-0.4, -0.2) is 53.5 Å². The molecule has 2 unspecified atom stereocenters. The molecule has 0 aromatic carbocycles. The summed E-state index contributed by atoms with van der Waals surface area (Å²) < 4.78 is 24.1. The first-order valence-corrected chi connectivity index (χ1v) is 9.82. The van der Waals surface area contributed by atoms with Gasteiger partial charge < -0.3 is 18.9 Å². The maximum atomic E-state index is 13.6. The number of ketones is 1. The molecule has 6 nitrogen and oxygen atoms in total. The highest BCUT2D eigenvalue weighted by Crippen LogP contribution is 2.81. The molecule has 7 aliphatic rings. The van der Waals surface area contributed by atoms with E-state index in [0.29, 0.717) is 13.0 Å². The monoisotopic (exact) mass is 358 g/mol. The SMILES string of the molecule is CC(C)[C@]12OC1[C@@H]1O[C@@]13[C@@]1(C)CCC4=C(COC4=O)C1C[C@@H]1O[C@@]13C2=O. The van der Waals surface area contributed by atoms with Crippen molar-refractivity contribution in [2.75, 3.05) is 6.61 Å². The number of rotatable bonds is 1. The molecule has 0 aromatic heterocycles. The lowest BCUT2D eigenvalue weighted by Crippen LogP contribution is -2.67. The third-order valence-corrected chi connectivity index (χ3v) is 8.82. The quantitative estimate of drug-likeness (QED) is 0.519. The fraction of sp³-hybridized carbons (Fsp3) is 0.800. The molecule has 4 aliphatic heterocycles. The Morgan fingerprint density at radius 3 is 2.69 bits per heavy atom. The fourth-order valence-electron chi connectivity index (χ4n) is 7.41. The maximum absolute atomic E-state index is 13.6. The minimum atomic E-state index is -0.832. The van der Waals surface area contributed by atoms with Crippen LogP contribution in [0.3, 0.4) is 0 Å². The second-order valence-corrected chi connectivity index (χ2v) is 9.72. The molecule has 7 rings (SSSR count). The van der Waals surface area contributed by atoms with E-state index in [4.69, 9.17) is 18.9 Å². The zero-order chi connectivity index (χ0) is 17.9. The number of hydrogen-bond acceptors (Lipinski definition) is 6. The number of carbonyl (C=O) groups is 2. The Labute approximate surface area is 151 Å². The summed E-state index contributed by atoms with van der Waals surface area (Å²) in [4.78, 5) is 25.7. The van der Waals surface area contributed by atoms with Crippen molar-refractivity contribution in [3.8, 4) is 0 Å². The smallest absolute Gasteiger partial charge is 0.334 e. The van der Waals surface area contributed by atoms with Gasteiger partial charge in [-0.25, -0.2) is 4.79 Å². The topological polar surface area (TPSA) is 81.0 Å². The Balaban J connectivity index is 1.40. The van der Waals surface area contributed by atoms with Gasteiger partial charge in [-0.05, 0) is 36.7 Å². The van der Waals surface area contributed by atoms with E-state index in [1.165, 1.54) is 0 Å². The number of esters is 1. The highest BCUT2D eigenvalue weighted by atomic mass is 16.7. The van der Waals surface area contributed by atoms with Gasteiger partial charge in [0.25, 0.3) is 0 Å². The van der Waals surface area contributed by atoms with Gasteiger partial charge in [-0.1, -0.05) is 20.8 Å². The minimum Gasteiger partial charge on any atom is -0.458 e. The highest BCUT2D eigenvalue weighted by Gasteiger charge is 3.00. The van der Waals surface area contributed by atoms with Crippen LogP contribution >= 0.6 is 0 Å². The van der Waals surface area contributed by atoms with Gasteiger partial charge in [-0.15, -0.1) is 0 Å². The van der Waals surface area contributed by atoms with Crippen molar-refractivity contribution in [1.82, 2.24) is 0 Å². The molecule has 0 N–H and O–H groups in total. The molecule has 6 heteroatoms. The lowest BCUT2D eigenvalue weighted by atomic mass is 9.47. The van der Waals surface area contributed by atoms with Gasteiger partial charge in [-0.2, -0.15) is 0 Å². The van der Waals surface area contributed by atoms with E-state index in [0.717, 1.165) is 24.0 Å². The largest absolute Gasteiger partial charge is 0.458 e. The van der Waals surface area contributed by atoms with Crippen LogP contribution in [0.15, 0.2) is 11.1 Å². The van der Waals surface area contributed by atoms with E-state index in [-0.39, 0.29) is 47.3 Å². The normalized spacial score (nSPS) is 60.3. The molecule has 0 amide bonds. The third kappa shape index (κ3) is 1.10.